The second-order valence-corrected chi connectivity index (χ2v) is 6.87. The Morgan fingerprint density at radius 3 is 2.39 bits per heavy atom. The molecule has 2 aromatic carbocycles. The molecule has 0 bridgehead atoms. The van der Waals surface area contributed by atoms with Crippen LogP contribution in [-0.2, 0) is 17.5 Å². The minimum absolute atomic E-state index is 0.0105. The van der Waals surface area contributed by atoms with Gasteiger partial charge in [0.25, 0.3) is 0 Å². The number of halogens is 3. The maximum absolute atomic E-state index is 13.3. The van der Waals surface area contributed by atoms with Gasteiger partial charge in [-0.2, -0.15) is 13.2 Å². The Morgan fingerprint density at radius 2 is 1.86 bits per heavy atom. The van der Waals surface area contributed by atoms with Gasteiger partial charge in [0.15, 0.2) is 0 Å². The fourth-order valence-corrected chi connectivity index (χ4v) is 3.02. The van der Waals surface area contributed by atoms with Crippen molar-refractivity contribution in [1.82, 2.24) is 4.90 Å². The lowest BCUT2D eigenvalue weighted by Gasteiger charge is -2.19. The summed E-state index contributed by atoms with van der Waals surface area (Å²) in [6.07, 6.45) is -2.96. The summed E-state index contributed by atoms with van der Waals surface area (Å²) in [5.41, 5.74) is 5.13. The molecule has 0 aliphatic carbocycles. The van der Waals surface area contributed by atoms with Crippen LogP contribution >= 0.6 is 11.8 Å². The SMILES string of the molecule is CSc1ccc(Oc2ccc(C(N)=O)cc2CN(C)C(C)=O)cc1C(F)(F)F. The summed E-state index contributed by atoms with van der Waals surface area (Å²) >= 11 is 0.986. The van der Waals surface area contributed by atoms with Crippen molar-refractivity contribution < 1.29 is 27.5 Å². The van der Waals surface area contributed by atoms with Gasteiger partial charge in [0.2, 0.25) is 11.8 Å². The predicted molar refractivity (Wildman–Crippen MR) is 100 cm³/mol. The normalized spacial score (nSPS) is 11.2. The molecule has 0 unspecified atom stereocenters. The number of carbonyl (C=O) groups excluding carboxylic acids is 2. The number of primary amides is 1. The van der Waals surface area contributed by atoms with Crippen LogP contribution in [0.3, 0.4) is 0 Å². The van der Waals surface area contributed by atoms with Crippen LogP contribution < -0.4 is 10.5 Å². The van der Waals surface area contributed by atoms with Gasteiger partial charge in [-0.15, -0.1) is 11.8 Å². The van der Waals surface area contributed by atoms with E-state index in [0.717, 1.165) is 17.8 Å². The Balaban J connectivity index is 2.45. The minimum atomic E-state index is -4.52. The van der Waals surface area contributed by atoms with Gasteiger partial charge in [-0.05, 0) is 42.7 Å². The number of hydrogen-bond donors (Lipinski definition) is 1. The summed E-state index contributed by atoms with van der Waals surface area (Å²) in [4.78, 5) is 24.4. The highest BCUT2D eigenvalue weighted by atomic mass is 32.2. The summed E-state index contributed by atoms with van der Waals surface area (Å²) in [5.74, 6) is -0.673. The average Bonchev–Trinajstić information content (AvgIpc) is 2.62. The molecule has 150 valence electrons. The number of rotatable bonds is 6. The van der Waals surface area contributed by atoms with E-state index < -0.39 is 17.6 Å². The zero-order valence-electron chi connectivity index (χ0n) is 15.5. The lowest BCUT2D eigenvalue weighted by Crippen LogP contribution is -2.23. The summed E-state index contributed by atoms with van der Waals surface area (Å²) in [6.45, 7) is 1.47. The summed E-state index contributed by atoms with van der Waals surface area (Å²) < 4.78 is 45.5. The number of carbonyl (C=O) groups is 2. The smallest absolute Gasteiger partial charge is 0.417 e. The Morgan fingerprint density at radius 1 is 1.18 bits per heavy atom. The van der Waals surface area contributed by atoms with Crippen LogP contribution in [0, 0.1) is 0 Å². The van der Waals surface area contributed by atoms with Gasteiger partial charge in [-0.3, -0.25) is 9.59 Å². The molecular weight excluding hydrogens is 393 g/mol. The molecule has 0 heterocycles. The molecule has 0 aromatic heterocycles. The number of nitrogens with two attached hydrogens (primary N) is 1. The standard InChI is InChI=1S/C19H19F3N2O3S/c1-11(25)24(2)10-13-8-12(18(23)26)4-6-16(13)27-14-5-7-17(28-3)15(9-14)19(20,21)22/h4-9H,10H2,1-3H3,(H2,23,26). The van der Waals surface area contributed by atoms with Gasteiger partial charge in [0.05, 0.1) is 5.56 Å². The molecule has 0 saturated carbocycles. The third kappa shape index (κ3) is 5.19. The maximum Gasteiger partial charge on any atom is 0.417 e. The van der Waals surface area contributed by atoms with Crippen molar-refractivity contribution in [3.8, 4) is 11.5 Å². The van der Waals surface area contributed by atoms with E-state index in [4.69, 9.17) is 10.5 Å². The van der Waals surface area contributed by atoms with Crippen LogP contribution in [0.1, 0.15) is 28.4 Å². The van der Waals surface area contributed by atoms with Gasteiger partial charge in [0.1, 0.15) is 11.5 Å². The van der Waals surface area contributed by atoms with E-state index >= 15 is 0 Å². The Bertz CT molecular complexity index is 900. The first kappa shape index (κ1) is 21.6. The van der Waals surface area contributed by atoms with Gasteiger partial charge in [-0.1, -0.05) is 0 Å². The molecule has 0 aliphatic rings. The van der Waals surface area contributed by atoms with Crippen LogP contribution in [-0.4, -0.2) is 30.0 Å². The summed E-state index contributed by atoms with van der Waals surface area (Å²) in [6, 6.07) is 8.00. The molecule has 2 N–H and O–H groups in total. The molecular formula is C19H19F3N2O3S. The van der Waals surface area contributed by atoms with Crippen molar-refractivity contribution in [3.63, 3.8) is 0 Å². The Labute approximate surface area is 164 Å². The molecule has 9 heteroatoms. The van der Waals surface area contributed by atoms with Gasteiger partial charge in [-0.25, -0.2) is 0 Å². The van der Waals surface area contributed by atoms with Crippen molar-refractivity contribution in [1.29, 1.82) is 0 Å². The average molecular weight is 412 g/mol. The molecule has 2 aromatic rings. The molecule has 2 amide bonds. The molecule has 0 spiro atoms. The monoisotopic (exact) mass is 412 g/mol. The molecule has 0 fully saturated rings. The van der Waals surface area contributed by atoms with Crippen LogP contribution in [0.4, 0.5) is 13.2 Å². The highest BCUT2D eigenvalue weighted by Gasteiger charge is 2.33. The number of benzene rings is 2. The third-order valence-corrected chi connectivity index (χ3v) is 4.79. The van der Waals surface area contributed by atoms with E-state index in [1.54, 1.807) is 13.3 Å². The Kier molecular flexibility index (Phi) is 6.60. The van der Waals surface area contributed by atoms with E-state index in [1.807, 2.05) is 0 Å². The molecule has 5 nitrogen and oxygen atoms in total. The van der Waals surface area contributed by atoms with Crippen LogP contribution in [0.5, 0.6) is 11.5 Å². The number of alkyl halides is 3. The van der Waals surface area contributed by atoms with Gasteiger partial charge in [0, 0.05) is 36.5 Å². The zero-order chi connectivity index (χ0) is 21.1. The van der Waals surface area contributed by atoms with Crippen molar-refractivity contribution >= 4 is 23.6 Å². The summed E-state index contributed by atoms with van der Waals surface area (Å²) in [5, 5.41) is 0. The van der Waals surface area contributed by atoms with Crippen molar-refractivity contribution in [2.75, 3.05) is 13.3 Å². The first-order valence-corrected chi connectivity index (χ1v) is 9.33. The van der Waals surface area contributed by atoms with Crippen molar-refractivity contribution in [2.45, 2.75) is 24.5 Å². The quantitative estimate of drug-likeness (QED) is 0.718. The third-order valence-electron chi connectivity index (χ3n) is 3.99. The zero-order valence-corrected chi connectivity index (χ0v) is 16.3. The van der Waals surface area contributed by atoms with Crippen LogP contribution in [0.25, 0.3) is 0 Å². The molecule has 28 heavy (non-hydrogen) atoms. The largest absolute Gasteiger partial charge is 0.457 e. The molecule has 0 saturated heterocycles. The first-order chi connectivity index (χ1) is 13.0. The van der Waals surface area contributed by atoms with E-state index in [0.29, 0.717) is 5.56 Å². The molecule has 0 atom stereocenters. The topological polar surface area (TPSA) is 72.6 Å². The Hall–Kier alpha value is -2.68. The number of ether oxygens (including phenoxy) is 1. The van der Waals surface area contributed by atoms with E-state index in [-0.39, 0.29) is 34.4 Å². The van der Waals surface area contributed by atoms with Crippen LogP contribution in [0.15, 0.2) is 41.3 Å². The predicted octanol–water partition coefficient (Wildman–Crippen LogP) is 4.30. The second-order valence-electron chi connectivity index (χ2n) is 6.02. The highest BCUT2D eigenvalue weighted by molar-refractivity contribution is 7.98. The van der Waals surface area contributed by atoms with Crippen molar-refractivity contribution in [2.24, 2.45) is 5.73 Å². The van der Waals surface area contributed by atoms with E-state index in [2.05, 4.69) is 0 Å². The fourth-order valence-electron chi connectivity index (χ4n) is 2.42. The lowest BCUT2D eigenvalue weighted by molar-refractivity contribution is -0.139. The number of nitrogens with zero attached hydrogens (tertiary/aromatic N) is 1. The molecule has 0 radical (unpaired) electrons. The fraction of sp³-hybridized carbons (Fsp3) is 0.263. The highest BCUT2D eigenvalue weighted by Crippen LogP contribution is 2.39. The lowest BCUT2D eigenvalue weighted by atomic mass is 10.1. The van der Waals surface area contributed by atoms with Crippen LogP contribution in [0.2, 0.25) is 0 Å². The van der Waals surface area contributed by atoms with Gasteiger partial charge >= 0.3 is 6.18 Å². The maximum atomic E-state index is 13.3. The van der Waals surface area contributed by atoms with E-state index in [9.17, 15) is 22.8 Å². The minimum Gasteiger partial charge on any atom is -0.457 e. The number of hydrogen-bond acceptors (Lipinski definition) is 4. The number of thioether (sulfide) groups is 1. The molecule has 0 aliphatic heterocycles. The molecule has 2 rings (SSSR count). The number of amides is 2. The van der Waals surface area contributed by atoms with E-state index in [1.165, 1.54) is 42.2 Å². The van der Waals surface area contributed by atoms with Gasteiger partial charge < -0.3 is 15.4 Å². The second kappa shape index (κ2) is 8.55. The summed E-state index contributed by atoms with van der Waals surface area (Å²) in [7, 11) is 1.55. The van der Waals surface area contributed by atoms with Crippen molar-refractivity contribution in [3.05, 3.63) is 53.1 Å². The first-order valence-electron chi connectivity index (χ1n) is 8.10.